The number of hydrogen-bond donors (Lipinski definition) is 0. The van der Waals surface area contributed by atoms with Gasteiger partial charge in [0.15, 0.2) is 6.23 Å². The number of fused-ring (bicyclic) bond motifs is 4. The zero-order chi connectivity index (χ0) is 18.5. The van der Waals surface area contributed by atoms with Crippen LogP contribution in [-0.4, -0.2) is 16.9 Å². The van der Waals surface area contributed by atoms with Gasteiger partial charge in [-0.1, -0.05) is 66.2 Å². The quantitative estimate of drug-likeness (QED) is 0.498. The van der Waals surface area contributed by atoms with Crippen LogP contribution in [0.5, 0.6) is 5.75 Å². The van der Waals surface area contributed by atoms with E-state index < -0.39 is 0 Å². The van der Waals surface area contributed by atoms with Gasteiger partial charge in [-0.2, -0.15) is 5.10 Å². The third kappa shape index (κ3) is 2.83. The van der Waals surface area contributed by atoms with Gasteiger partial charge < -0.3 is 4.74 Å². The van der Waals surface area contributed by atoms with Crippen LogP contribution in [0.3, 0.4) is 0 Å². The second-order valence-corrected chi connectivity index (χ2v) is 8.56. The first-order chi connectivity index (χ1) is 13.1. The summed E-state index contributed by atoms with van der Waals surface area (Å²) < 4.78 is 7.39. The summed E-state index contributed by atoms with van der Waals surface area (Å²) in [7, 11) is 0. The van der Waals surface area contributed by atoms with Gasteiger partial charge in [0, 0.05) is 22.4 Å². The van der Waals surface area contributed by atoms with Crippen LogP contribution in [0, 0.1) is 5.92 Å². The maximum absolute atomic E-state index is 6.31. The van der Waals surface area contributed by atoms with Gasteiger partial charge in [-0.15, -0.1) is 0 Å². The lowest BCUT2D eigenvalue weighted by atomic mass is 9.94. The Labute approximate surface area is 167 Å². The third-order valence-electron chi connectivity index (χ3n) is 5.43. The summed E-state index contributed by atoms with van der Waals surface area (Å²) in [6.45, 7) is 4.38. The molecule has 2 aliphatic rings. The van der Waals surface area contributed by atoms with Crippen LogP contribution in [0.15, 0.2) is 70.2 Å². The van der Waals surface area contributed by atoms with Gasteiger partial charge in [-0.05, 0) is 40.6 Å². The molecule has 0 aromatic heterocycles. The number of halogens is 1. The van der Waals surface area contributed by atoms with Crippen molar-refractivity contribution in [2.75, 3.05) is 0 Å². The Morgan fingerprint density at radius 3 is 2.67 bits per heavy atom. The molecular weight excluding hydrogens is 400 g/mol. The van der Waals surface area contributed by atoms with Crippen molar-refractivity contribution in [3.05, 3.63) is 76.3 Å². The van der Waals surface area contributed by atoms with Gasteiger partial charge in [-0.25, -0.2) is 5.01 Å². The molecule has 0 saturated carbocycles. The Morgan fingerprint density at radius 2 is 1.85 bits per heavy atom. The van der Waals surface area contributed by atoms with Crippen molar-refractivity contribution in [3.8, 4) is 5.75 Å². The van der Waals surface area contributed by atoms with Crippen LogP contribution in [0.4, 0.5) is 0 Å². The van der Waals surface area contributed by atoms with Crippen LogP contribution in [0.2, 0.25) is 0 Å². The van der Waals surface area contributed by atoms with Gasteiger partial charge in [0.1, 0.15) is 5.75 Å². The largest absolute Gasteiger partial charge is 0.468 e. The SMILES string of the molecule is CC(C)[C@@H]1Oc2ccc(Br)cc2[C@@H]2CC(c3ccc4ccccc4c3)=NN21. The lowest BCUT2D eigenvalue weighted by molar-refractivity contribution is -0.0461. The van der Waals surface area contributed by atoms with E-state index in [9.17, 15) is 0 Å². The summed E-state index contributed by atoms with van der Waals surface area (Å²) in [4.78, 5) is 0. The fourth-order valence-electron chi connectivity index (χ4n) is 4.07. The van der Waals surface area contributed by atoms with E-state index in [1.807, 2.05) is 6.07 Å². The van der Waals surface area contributed by atoms with E-state index >= 15 is 0 Å². The molecule has 4 heteroatoms. The highest BCUT2D eigenvalue weighted by Gasteiger charge is 2.41. The Morgan fingerprint density at radius 1 is 1.04 bits per heavy atom. The first kappa shape index (κ1) is 16.8. The van der Waals surface area contributed by atoms with Crippen LogP contribution in [0.1, 0.15) is 37.4 Å². The van der Waals surface area contributed by atoms with Gasteiger partial charge in [-0.3, -0.25) is 0 Å². The van der Waals surface area contributed by atoms with E-state index in [0.29, 0.717) is 5.92 Å². The predicted octanol–water partition coefficient (Wildman–Crippen LogP) is 6.13. The molecule has 3 aromatic carbocycles. The van der Waals surface area contributed by atoms with Crippen molar-refractivity contribution in [3.63, 3.8) is 0 Å². The van der Waals surface area contributed by atoms with Crippen LogP contribution in [0.25, 0.3) is 10.8 Å². The molecule has 0 saturated heterocycles. The summed E-state index contributed by atoms with van der Waals surface area (Å²) in [5, 5.41) is 9.71. The van der Waals surface area contributed by atoms with Crippen molar-refractivity contribution in [1.29, 1.82) is 0 Å². The van der Waals surface area contributed by atoms with Crippen LogP contribution in [-0.2, 0) is 0 Å². The lowest BCUT2D eigenvalue weighted by Crippen LogP contribution is -2.43. The molecule has 3 aromatic rings. The molecular formula is C23H21BrN2O. The Balaban J connectivity index is 1.58. The van der Waals surface area contributed by atoms with Crippen molar-refractivity contribution < 1.29 is 4.74 Å². The average molecular weight is 421 g/mol. The molecule has 0 fully saturated rings. The number of rotatable bonds is 2. The maximum Gasteiger partial charge on any atom is 0.190 e. The second-order valence-electron chi connectivity index (χ2n) is 7.64. The van der Waals surface area contributed by atoms with Gasteiger partial charge in [0.25, 0.3) is 0 Å². The van der Waals surface area contributed by atoms with Gasteiger partial charge >= 0.3 is 0 Å². The van der Waals surface area contributed by atoms with Crippen molar-refractivity contribution in [2.45, 2.75) is 32.5 Å². The van der Waals surface area contributed by atoms with Gasteiger partial charge in [0.05, 0.1) is 11.8 Å². The summed E-state index contributed by atoms with van der Waals surface area (Å²) in [6.07, 6.45) is 0.857. The molecule has 2 aliphatic heterocycles. The van der Waals surface area contributed by atoms with Crippen LogP contribution >= 0.6 is 15.9 Å². The van der Waals surface area contributed by atoms with Gasteiger partial charge in [0.2, 0.25) is 0 Å². The van der Waals surface area contributed by atoms with E-state index in [0.717, 1.165) is 22.4 Å². The molecule has 2 heterocycles. The maximum atomic E-state index is 6.31. The smallest absolute Gasteiger partial charge is 0.190 e. The first-order valence-corrected chi connectivity index (χ1v) is 10.2. The fourth-order valence-corrected chi connectivity index (χ4v) is 4.45. The Kier molecular flexibility index (Phi) is 3.97. The van der Waals surface area contributed by atoms with E-state index in [-0.39, 0.29) is 12.3 Å². The molecule has 0 aliphatic carbocycles. The lowest BCUT2D eigenvalue weighted by Gasteiger charge is -2.40. The standard InChI is InChI=1S/C23H21BrN2O/c1-14(2)23-26-21(19-12-18(24)9-10-22(19)27-23)13-20(25-26)17-8-7-15-5-3-4-6-16(15)11-17/h3-12,14,21,23H,13H2,1-2H3/t21-,23-/m0/s1. The minimum atomic E-state index is -0.0402. The topological polar surface area (TPSA) is 24.8 Å². The number of hydrazone groups is 1. The third-order valence-corrected chi connectivity index (χ3v) is 5.93. The highest BCUT2D eigenvalue weighted by Crippen LogP contribution is 2.45. The molecule has 0 spiro atoms. The molecule has 136 valence electrons. The minimum absolute atomic E-state index is 0.0402. The predicted molar refractivity (Wildman–Crippen MR) is 113 cm³/mol. The zero-order valence-corrected chi connectivity index (χ0v) is 17.0. The molecule has 5 rings (SSSR count). The zero-order valence-electron chi connectivity index (χ0n) is 15.4. The number of ether oxygens (including phenoxy) is 1. The summed E-state index contributed by atoms with van der Waals surface area (Å²) in [5.41, 5.74) is 3.54. The first-order valence-electron chi connectivity index (χ1n) is 9.41. The molecule has 3 nitrogen and oxygen atoms in total. The van der Waals surface area contributed by atoms with E-state index in [4.69, 9.17) is 9.84 Å². The highest BCUT2D eigenvalue weighted by atomic mass is 79.9. The highest BCUT2D eigenvalue weighted by molar-refractivity contribution is 9.10. The summed E-state index contributed by atoms with van der Waals surface area (Å²) >= 11 is 3.61. The van der Waals surface area contributed by atoms with Crippen molar-refractivity contribution >= 4 is 32.4 Å². The molecule has 27 heavy (non-hydrogen) atoms. The van der Waals surface area contributed by atoms with E-state index in [1.54, 1.807) is 0 Å². The second kappa shape index (κ2) is 6.38. The molecule has 0 radical (unpaired) electrons. The fraction of sp³-hybridized carbons (Fsp3) is 0.261. The molecule has 0 bridgehead atoms. The summed E-state index contributed by atoms with van der Waals surface area (Å²) in [5.74, 6) is 1.33. The molecule has 0 amide bonds. The number of hydrogen-bond acceptors (Lipinski definition) is 3. The number of nitrogens with zero attached hydrogens (tertiary/aromatic N) is 2. The van der Waals surface area contributed by atoms with Crippen LogP contribution < -0.4 is 4.74 Å². The summed E-state index contributed by atoms with van der Waals surface area (Å²) in [6, 6.07) is 21.6. The molecule has 0 unspecified atom stereocenters. The number of benzene rings is 3. The molecule has 2 atom stereocenters. The van der Waals surface area contributed by atoms with Crippen molar-refractivity contribution in [2.24, 2.45) is 11.0 Å². The Hall–Kier alpha value is -2.33. The average Bonchev–Trinajstić information content (AvgIpc) is 3.12. The van der Waals surface area contributed by atoms with Crippen molar-refractivity contribution in [1.82, 2.24) is 5.01 Å². The normalized spacial score (nSPS) is 21.0. The monoisotopic (exact) mass is 420 g/mol. The Bertz CT molecular complexity index is 1060. The minimum Gasteiger partial charge on any atom is -0.468 e. The molecule has 0 N–H and O–H groups in total. The van der Waals surface area contributed by atoms with E-state index in [1.165, 1.54) is 21.9 Å². The van der Waals surface area contributed by atoms with E-state index in [2.05, 4.69) is 89.4 Å².